The molecule has 1 heterocycles. The van der Waals surface area contributed by atoms with Crippen LogP contribution in [-0.4, -0.2) is 30.5 Å². The van der Waals surface area contributed by atoms with E-state index in [1.54, 1.807) is 6.07 Å². The highest BCUT2D eigenvalue weighted by molar-refractivity contribution is 5.76. The first kappa shape index (κ1) is 14.7. The van der Waals surface area contributed by atoms with E-state index in [-0.39, 0.29) is 5.91 Å². The maximum Gasteiger partial charge on any atom is 0.226 e. The molecule has 2 N–H and O–H groups in total. The molecule has 0 spiro atoms. The second kappa shape index (κ2) is 6.64. The van der Waals surface area contributed by atoms with E-state index in [9.17, 15) is 4.79 Å². The summed E-state index contributed by atoms with van der Waals surface area (Å²) in [5, 5.41) is 0. The normalized spacial score (nSPS) is 22.6. The summed E-state index contributed by atoms with van der Waals surface area (Å²) in [6.45, 7) is 6.63. The molecule has 2 atom stereocenters. The second-order valence-electron chi connectivity index (χ2n) is 5.75. The number of rotatable bonds is 4. The Morgan fingerprint density at radius 3 is 2.90 bits per heavy atom. The molecule has 0 bridgehead atoms. The number of hydrogen-bond donors (Lipinski definition) is 1. The fraction of sp³-hybridized carbons (Fsp3) is 0.562. The molecule has 20 heavy (non-hydrogen) atoms. The fourth-order valence-electron chi connectivity index (χ4n) is 2.51. The lowest BCUT2D eigenvalue weighted by Gasteiger charge is -2.35. The quantitative estimate of drug-likeness (QED) is 0.860. The molecule has 1 aliphatic heterocycles. The summed E-state index contributed by atoms with van der Waals surface area (Å²) in [6.07, 6.45) is 1.53. The predicted octanol–water partition coefficient (Wildman–Crippen LogP) is 2.54. The minimum absolute atomic E-state index is 0.188. The van der Waals surface area contributed by atoms with Gasteiger partial charge < -0.3 is 15.4 Å². The fourth-order valence-corrected chi connectivity index (χ4v) is 2.51. The summed E-state index contributed by atoms with van der Waals surface area (Å²) in [5.41, 5.74) is 6.35. The Hall–Kier alpha value is -1.71. The van der Waals surface area contributed by atoms with Crippen molar-refractivity contribution in [2.24, 2.45) is 11.8 Å². The number of anilines is 1. The average Bonchev–Trinajstić information content (AvgIpc) is 2.42. The first-order valence-electron chi connectivity index (χ1n) is 7.32. The van der Waals surface area contributed by atoms with Crippen LogP contribution in [-0.2, 0) is 4.79 Å². The van der Waals surface area contributed by atoms with Crippen molar-refractivity contribution in [2.75, 3.05) is 25.4 Å². The first-order valence-corrected chi connectivity index (χ1v) is 7.32. The summed E-state index contributed by atoms with van der Waals surface area (Å²) in [7, 11) is 0. The first-order chi connectivity index (χ1) is 9.56. The van der Waals surface area contributed by atoms with Gasteiger partial charge in [0.25, 0.3) is 0 Å². The number of hydrogen-bond acceptors (Lipinski definition) is 3. The van der Waals surface area contributed by atoms with Gasteiger partial charge in [0.1, 0.15) is 5.75 Å². The van der Waals surface area contributed by atoms with Crippen LogP contribution in [0.5, 0.6) is 5.75 Å². The molecular weight excluding hydrogens is 252 g/mol. The van der Waals surface area contributed by atoms with Gasteiger partial charge in [-0.05, 0) is 30.4 Å². The third-order valence-electron chi connectivity index (χ3n) is 4.13. The van der Waals surface area contributed by atoms with E-state index in [4.69, 9.17) is 10.5 Å². The van der Waals surface area contributed by atoms with Crippen molar-refractivity contribution < 1.29 is 9.53 Å². The van der Waals surface area contributed by atoms with Gasteiger partial charge in [0, 0.05) is 24.8 Å². The zero-order valence-electron chi connectivity index (χ0n) is 12.3. The van der Waals surface area contributed by atoms with Crippen LogP contribution in [0.3, 0.4) is 0 Å². The molecule has 0 aliphatic carbocycles. The molecule has 110 valence electrons. The number of amides is 1. The second-order valence-corrected chi connectivity index (χ2v) is 5.75. The molecular formula is C16H24N2O2. The van der Waals surface area contributed by atoms with Crippen molar-refractivity contribution >= 4 is 11.6 Å². The summed E-state index contributed by atoms with van der Waals surface area (Å²) in [4.78, 5) is 14.1. The summed E-state index contributed by atoms with van der Waals surface area (Å²) in [6, 6.07) is 7.29. The van der Waals surface area contributed by atoms with Crippen LogP contribution in [0.1, 0.15) is 26.7 Å². The van der Waals surface area contributed by atoms with Gasteiger partial charge in [-0.15, -0.1) is 0 Å². The standard InChI is InChI=1S/C16H24N2O2/c1-12-6-8-18(11-13(12)2)16(19)7-9-20-15-5-3-4-14(17)10-15/h3-5,10,12-13H,6-9,11,17H2,1-2H3. The average molecular weight is 276 g/mol. The summed E-state index contributed by atoms with van der Waals surface area (Å²) in [5.74, 6) is 2.20. The number of ether oxygens (including phenoxy) is 1. The molecule has 1 aromatic carbocycles. The number of piperidine rings is 1. The van der Waals surface area contributed by atoms with Crippen molar-refractivity contribution in [3.8, 4) is 5.75 Å². The lowest BCUT2D eigenvalue weighted by Crippen LogP contribution is -2.42. The van der Waals surface area contributed by atoms with Crippen LogP contribution >= 0.6 is 0 Å². The molecule has 1 saturated heterocycles. The topological polar surface area (TPSA) is 55.6 Å². The lowest BCUT2D eigenvalue weighted by atomic mass is 9.88. The van der Waals surface area contributed by atoms with Gasteiger partial charge >= 0.3 is 0 Å². The Bertz CT molecular complexity index is 462. The minimum Gasteiger partial charge on any atom is -0.493 e. The van der Waals surface area contributed by atoms with Gasteiger partial charge in [0.2, 0.25) is 5.91 Å². The van der Waals surface area contributed by atoms with Crippen molar-refractivity contribution in [3.05, 3.63) is 24.3 Å². The van der Waals surface area contributed by atoms with Crippen molar-refractivity contribution in [3.63, 3.8) is 0 Å². The van der Waals surface area contributed by atoms with Crippen LogP contribution in [0, 0.1) is 11.8 Å². The summed E-state index contributed by atoms with van der Waals surface area (Å²) >= 11 is 0. The van der Waals surface area contributed by atoms with E-state index in [0.29, 0.717) is 30.6 Å². The molecule has 0 saturated carbocycles. The van der Waals surface area contributed by atoms with E-state index in [2.05, 4.69) is 13.8 Å². The molecule has 1 amide bonds. The van der Waals surface area contributed by atoms with Crippen LogP contribution < -0.4 is 10.5 Å². The van der Waals surface area contributed by atoms with Gasteiger partial charge in [-0.1, -0.05) is 19.9 Å². The molecule has 2 rings (SSSR count). The van der Waals surface area contributed by atoms with Gasteiger partial charge in [0.05, 0.1) is 13.0 Å². The van der Waals surface area contributed by atoms with Crippen LogP contribution in [0.4, 0.5) is 5.69 Å². The summed E-state index contributed by atoms with van der Waals surface area (Å²) < 4.78 is 5.57. The highest BCUT2D eigenvalue weighted by atomic mass is 16.5. The largest absolute Gasteiger partial charge is 0.493 e. The third kappa shape index (κ3) is 3.89. The molecule has 1 aliphatic rings. The van der Waals surface area contributed by atoms with Crippen molar-refractivity contribution in [1.82, 2.24) is 4.90 Å². The lowest BCUT2D eigenvalue weighted by molar-refractivity contribution is -0.134. The number of nitrogens with two attached hydrogens (primary N) is 1. The number of benzene rings is 1. The Morgan fingerprint density at radius 2 is 2.20 bits per heavy atom. The molecule has 0 radical (unpaired) electrons. The Kier molecular flexibility index (Phi) is 4.88. The highest BCUT2D eigenvalue weighted by Gasteiger charge is 2.25. The molecule has 4 nitrogen and oxygen atoms in total. The number of likely N-dealkylation sites (tertiary alicyclic amines) is 1. The monoisotopic (exact) mass is 276 g/mol. The van der Waals surface area contributed by atoms with Gasteiger partial charge in [-0.3, -0.25) is 4.79 Å². The Balaban J connectivity index is 1.75. The zero-order valence-corrected chi connectivity index (χ0v) is 12.3. The van der Waals surface area contributed by atoms with Gasteiger partial charge in [0.15, 0.2) is 0 Å². The number of carbonyl (C=O) groups is 1. The van der Waals surface area contributed by atoms with E-state index in [0.717, 1.165) is 25.3 Å². The van der Waals surface area contributed by atoms with Crippen molar-refractivity contribution in [1.29, 1.82) is 0 Å². The van der Waals surface area contributed by atoms with E-state index in [1.807, 2.05) is 23.1 Å². The van der Waals surface area contributed by atoms with E-state index >= 15 is 0 Å². The third-order valence-corrected chi connectivity index (χ3v) is 4.13. The number of carbonyl (C=O) groups excluding carboxylic acids is 1. The highest BCUT2D eigenvalue weighted by Crippen LogP contribution is 2.23. The Labute approximate surface area is 120 Å². The number of nitrogens with zero attached hydrogens (tertiary/aromatic N) is 1. The minimum atomic E-state index is 0.188. The molecule has 0 aromatic heterocycles. The number of nitrogen functional groups attached to an aromatic ring is 1. The maximum absolute atomic E-state index is 12.1. The SMILES string of the molecule is CC1CCN(C(=O)CCOc2cccc(N)c2)CC1C. The van der Waals surface area contributed by atoms with E-state index < -0.39 is 0 Å². The molecule has 2 unspecified atom stereocenters. The Morgan fingerprint density at radius 1 is 1.40 bits per heavy atom. The van der Waals surface area contributed by atoms with Crippen LogP contribution in [0.15, 0.2) is 24.3 Å². The van der Waals surface area contributed by atoms with E-state index in [1.165, 1.54) is 0 Å². The maximum atomic E-state index is 12.1. The van der Waals surface area contributed by atoms with Crippen molar-refractivity contribution in [2.45, 2.75) is 26.7 Å². The molecule has 1 fully saturated rings. The molecule has 1 aromatic rings. The van der Waals surface area contributed by atoms with Gasteiger partial charge in [-0.2, -0.15) is 0 Å². The predicted molar refractivity (Wildman–Crippen MR) is 80.5 cm³/mol. The smallest absolute Gasteiger partial charge is 0.226 e. The van der Waals surface area contributed by atoms with Crippen LogP contribution in [0.2, 0.25) is 0 Å². The zero-order chi connectivity index (χ0) is 14.5. The van der Waals surface area contributed by atoms with Gasteiger partial charge in [-0.25, -0.2) is 0 Å². The van der Waals surface area contributed by atoms with Crippen LogP contribution in [0.25, 0.3) is 0 Å². The molecule has 4 heteroatoms.